The number of nitrogens with one attached hydrogen (secondary N) is 1. The maximum atomic E-state index is 13.9. The van der Waals surface area contributed by atoms with Crippen LogP contribution in [0.25, 0.3) is 11.4 Å². The van der Waals surface area contributed by atoms with Gasteiger partial charge in [-0.1, -0.05) is 51.0 Å². The van der Waals surface area contributed by atoms with Crippen molar-refractivity contribution in [3.05, 3.63) is 64.5 Å². The molecular formula is C27H35N7O. The van der Waals surface area contributed by atoms with Crippen molar-refractivity contribution in [3.8, 4) is 11.4 Å². The van der Waals surface area contributed by atoms with E-state index in [0.717, 1.165) is 48.9 Å². The SMILES string of the molecule is CCCCc1cn(C2CCC2CCC)c(=O)n1CC1(c2cccc(-c3nn[nH]n3)c2)C=CN=CC1. The van der Waals surface area contributed by atoms with Crippen molar-refractivity contribution in [1.82, 2.24) is 29.8 Å². The molecule has 8 heteroatoms. The molecule has 8 nitrogen and oxygen atoms in total. The van der Waals surface area contributed by atoms with Crippen molar-refractivity contribution in [1.29, 1.82) is 0 Å². The second kappa shape index (κ2) is 10.1. The summed E-state index contributed by atoms with van der Waals surface area (Å²) in [6.45, 7) is 5.02. The van der Waals surface area contributed by atoms with Gasteiger partial charge in [-0.3, -0.25) is 14.1 Å². The summed E-state index contributed by atoms with van der Waals surface area (Å²) >= 11 is 0. The van der Waals surface area contributed by atoms with E-state index in [4.69, 9.17) is 0 Å². The molecule has 184 valence electrons. The predicted octanol–water partition coefficient (Wildman–Crippen LogP) is 4.85. The van der Waals surface area contributed by atoms with Crippen LogP contribution >= 0.6 is 0 Å². The number of H-pyrrole nitrogens is 1. The summed E-state index contributed by atoms with van der Waals surface area (Å²) in [5.41, 5.74) is 2.92. The molecule has 2 aliphatic rings. The fraction of sp³-hybridized carbons (Fsp3) is 0.519. The Hall–Kier alpha value is -3.29. The molecule has 3 atom stereocenters. The van der Waals surface area contributed by atoms with E-state index in [1.165, 1.54) is 19.3 Å². The van der Waals surface area contributed by atoms with Gasteiger partial charge in [0.25, 0.3) is 0 Å². The van der Waals surface area contributed by atoms with E-state index in [0.29, 0.717) is 24.3 Å². The number of aliphatic imine (C=N–C) groups is 1. The maximum absolute atomic E-state index is 13.9. The number of rotatable bonds is 10. The molecule has 1 fully saturated rings. The van der Waals surface area contributed by atoms with E-state index in [1.54, 1.807) is 0 Å². The highest BCUT2D eigenvalue weighted by Crippen LogP contribution is 2.41. The highest BCUT2D eigenvalue weighted by Gasteiger charge is 2.36. The Labute approximate surface area is 206 Å². The first kappa shape index (κ1) is 23.5. The van der Waals surface area contributed by atoms with Gasteiger partial charge in [0.15, 0.2) is 0 Å². The number of nitrogens with zero attached hydrogens (tertiary/aromatic N) is 6. The minimum absolute atomic E-state index is 0.131. The van der Waals surface area contributed by atoms with Crippen molar-refractivity contribution < 1.29 is 0 Å². The van der Waals surface area contributed by atoms with Crippen molar-refractivity contribution in [2.24, 2.45) is 10.9 Å². The van der Waals surface area contributed by atoms with Crippen molar-refractivity contribution >= 4 is 6.21 Å². The molecule has 1 aliphatic carbocycles. The molecule has 1 aromatic carbocycles. The van der Waals surface area contributed by atoms with Crippen LogP contribution in [0.1, 0.15) is 76.1 Å². The fourth-order valence-corrected chi connectivity index (χ4v) is 5.62. The summed E-state index contributed by atoms with van der Waals surface area (Å²) in [4.78, 5) is 18.2. The van der Waals surface area contributed by atoms with Gasteiger partial charge < -0.3 is 0 Å². The summed E-state index contributed by atoms with van der Waals surface area (Å²) in [7, 11) is 0. The molecule has 0 bridgehead atoms. The molecule has 2 aromatic heterocycles. The number of hydrogen-bond acceptors (Lipinski definition) is 5. The molecule has 3 unspecified atom stereocenters. The maximum Gasteiger partial charge on any atom is 0.328 e. The smallest absolute Gasteiger partial charge is 0.296 e. The average molecular weight is 474 g/mol. The fourth-order valence-electron chi connectivity index (χ4n) is 5.62. The third-order valence-corrected chi connectivity index (χ3v) is 7.79. The normalized spacial score (nSPS) is 23.5. The minimum atomic E-state index is -0.374. The Balaban J connectivity index is 1.54. The van der Waals surface area contributed by atoms with Crippen LogP contribution in [0.15, 0.2) is 52.5 Å². The lowest BCUT2D eigenvalue weighted by atomic mass is 9.76. The monoisotopic (exact) mass is 473 g/mol. The molecule has 1 saturated carbocycles. The van der Waals surface area contributed by atoms with Gasteiger partial charge in [-0.05, 0) is 61.3 Å². The average Bonchev–Trinajstić information content (AvgIpc) is 3.51. The largest absolute Gasteiger partial charge is 0.328 e. The van der Waals surface area contributed by atoms with E-state index in [-0.39, 0.29) is 11.1 Å². The Bertz CT molecular complexity index is 1250. The van der Waals surface area contributed by atoms with Crippen LogP contribution in [0.4, 0.5) is 0 Å². The number of imidazole rings is 1. The lowest BCUT2D eigenvalue weighted by Gasteiger charge is -2.37. The van der Waals surface area contributed by atoms with E-state index < -0.39 is 0 Å². The first-order valence-corrected chi connectivity index (χ1v) is 13.0. The highest BCUT2D eigenvalue weighted by molar-refractivity contribution is 5.65. The molecule has 1 N–H and O–H groups in total. The van der Waals surface area contributed by atoms with Crippen LogP contribution in [0.2, 0.25) is 0 Å². The molecule has 0 saturated heterocycles. The quantitative estimate of drug-likeness (QED) is 0.455. The van der Waals surface area contributed by atoms with E-state index in [2.05, 4.69) is 68.4 Å². The topological polar surface area (TPSA) is 93.8 Å². The van der Waals surface area contributed by atoms with Gasteiger partial charge >= 0.3 is 5.69 Å². The Morgan fingerprint density at radius 3 is 2.80 bits per heavy atom. The predicted molar refractivity (Wildman–Crippen MR) is 138 cm³/mol. The summed E-state index contributed by atoms with van der Waals surface area (Å²) in [6, 6.07) is 8.60. The lowest BCUT2D eigenvalue weighted by Crippen LogP contribution is -2.40. The Morgan fingerprint density at radius 2 is 2.11 bits per heavy atom. The first-order valence-electron chi connectivity index (χ1n) is 13.0. The minimum Gasteiger partial charge on any atom is -0.296 e. The highest BCUT2D eigenvalue weighted by atomic mass is 16.1. The zero-order chi connectivity index (χ0) is 24.3. The molecule has 3 heterocycles. The number of allylic oxidation sites excluding steroid dienone is 1. The number of aryl methyl sites for hydroxylation is 1. The van der Waals surface area contributed by atoms with Gasteiger partial charge in [-0.15, -0.1) is 10.2 Å². The van der Waals surface area contributed by atoms with Crippen molar-refractivity contribution in [2.45, 2.75) is 83.2 Å². The van der Waals surface area contributed by atoms with Crippen LogP contribution in [0.5, 0.6) is 0 Å². The zero-order valence-corrected chi connectivity index (χ0v) is 20.7. The molecule has 0 amide bonds. The summed E-state index contributed by atoms with van der Waals surface area (Å²) in [5.74, 6) is 1.18. The molecule has 0 radical (unpaired) electrons. The second-order valence-corrected chi connectivity index (χ2v) is 10.0. The summed E-state index contributed by atoms with van der Waals surface area (Å²) in [5, 5.41) is 14.5. The Morgan fingerprint density at radius 1 is 1.20 bits per heavy atom. The van der Waals surface area contributed by atoms with Crippen LogP contribution in [-0.2, 0) is 18.4 Å². The van der Waals surface area contributed by atoms with Crippen molar-refractivity contribution in [2.75, 3.05) is 0 Å². The van der Waals surface area contributed by atoms with E-state index in [1.807, 2.05) is 29.1 Å². The van der Waals surface area contributed by atoms with Crippen molar-refractivity contribution in [3.63, 3.8) is 0 Å². The van der Waals surface area contributed by atoms with E-state index in [9.17, 15) is 4.79 Å². The second-order valence-electron chi connectivity index (χ2n) is 10.0. The van der Waals surface area contributed by atoms with Crippen LogP contribution in [-0.4, -0.2) is 36.0 Å². The third-order valence-electron chi connectivity index (χ3n) is 7.79. The van der Waals surface area contributed by atoms with Gasteiger partial charge in [0, 0.05) is 47.9 Å². The van der Waals surface area contributed by atoms with E-state index >= 15 is 0 Å². The third kappa shape index (κ3) is 4.54. The number of aromatic amines is 1. The Kier molecular flexibility index (Phi) is 6.79. The molecule has 5 rings (SSSR count). The lowest BCUT2D eigenvalue weighted by molar-refractivity contribution is 0.164. The van der Waals surface area contributed by atoms with Crippen LogP contribution in [0, 0.1) is 5.92 Å². The number of hydrogen-bond donors (Lipinski definition) is 1. The van der Waals surface area contributed by atoms with Gasteiger partial charge in [0.2, 0.25) is 5.82 Å². The van der Waals surface area contributed by atoms with Gasteiger partial charge in [0.1, 0.15) is 0 Å². The number of tetrazole rings is 1. The first-order chi connectivity index (χ1) is 17.1. The van der Waals surface area contributed by atoms with Gasteiger partial charge in [-0.2, -0.15) is 5.21 Å². The standard InChI is InChI=1S/C27H35N7O/c1-3-5-10-23-18-33(24-12-11-20(24)7-4-2)26(35)34(23)19-27(13-15-28-16-14-27)22-9-6-8-21(17-22)25-29-31-32-30-25/h6,8-9,13,15-18,20,24H,3-5,7,10-12,14,19H2,1-2H3,(H,29,30,31,32). The molecule has 3 aromatic rings. The summed E-state index contributed by atoms with van der Waals surface area (Å²) < 4.78 is 4.10. The number of unbranched alkanes of at least 4 members (excludes halogenated alkanes) is 1. The molecule has 1 aliphatic heterocycles. The van der Waals surface area contributed by atoms with Gasteiger partial charge in [0.05, 0.1) is 0 Å². The summed E-state index contributed by atoms with van der Waals surface area (Å²) in [6.07, 6.45) is 16.6. The van der Waals surface area contributed by atoms with Gasteiger partial charge in [-0.25, -0.2) is 4.79 Å². The molecule has 0 spiro atoms. The van der Waals surface area contributed by atoms with Crippen LogP contribution in [0.3, 0.4) is 0 Å². The zero-order valence-electron chi connectivity index (χ0n) is 20.7. The van der Waals surface area contributed by atoms with Crippen LogP contribution < -0.4 is 5.69 Å². The molecular weight excluding hydrogens is 438 g/mol. The molecule has 35 heavy (non-hydrogen) atoms. The number of benzene rings is 1. The number of aromatic nitrogens is 6.